The van der Waals surface area contributed by atoms with Gasteiger partial charge in [0.1, 0.15) is 0 Å². The van der Waals surface area contributed by atoms with Gasteiger partial charge in [-0.2, -0.15) is 5.10 Å². The highest BCUT2D eigenvalue weighted by atomic mass is 32.2. The molecule has 0 fully saturated rings. The van der Waals surface area contributed by atoms with Gasteiger partial charge in [0.15, 0.2) is 0 Å². The van der Waals surface area contributed by atoms with Crippen LogP contribution in [0, 0.1) is 0 Å². The Kier molecular flexibility index (Phi) is 4.76. The Morgan fingerprint density at radius 3 is 2.57 bits per heavy atom. The molecule has 0 unspecified atom stereocenters. The summed E-state index contributed by atoms with van der Waals surface area (Å²) in [6.45, 7) is 0.613. The standard InChI is InChI=1S/C19H18N6O2S/c20-28(26,27)17-5-1-13(2-6-17)7-8-21-19-22-10-15-4-3-14(9-18(15)25-19)16-11-23-24-12-16/h1-6,9-12H,7-8H2,(H,23,24)(H2,20,26,27)(H,21,22,25). The molecule has 0 bridgehead atoms. The van der Waals surface area contributed by atoms with Crippen molar-refractivity contribution in [1.29, 1.82) is 0 Å². The quantitative estimate of drug-likeness (QED) is 0.461. The third kappa shape index (κ3) is 4.00. The van der Waals surface area contributed by atoms with E-state index in [0.29, 0.717) is 18.9 Å². The first-order valence-corrected chi connectivity index (χ1v) is 10.2. The molecule has 4 rings (SSSR count). The molecule has 2 aromatic carbocycles. The van der Waals surface area contributed by atoms with Gasteiger partial charge >= 0.3 is 0 Å². The summed E-state index contributed by atoms with van der Waals surface area (Å²) in [7, 11) is -3.67. The number of nitrogens with one attached hydrogen (secondary N) is 2. The largest absolute Gasteiger partial charge is 0.354 e. The Balaban J connectivity index is 1.44. The fraction of sp³-hybridized carbons (Fsp3) is 0.105. The first-order valence-electron chi connectivity index (χ1n) is 8.61. The van der Waals surface area contributed by atoms with Crippen LogP contribution in [0.1, 0.15) is 5.56 Å². The first-order chi connectivity index (χ1) is 13.5. The molecule has 142 valence electrons. The second-order valence-corrected chi connectivity index (χ2v) is 7.88. The third-order valence-electron chi connectivity index (χ3n) is 4.36. The normalized spacial score (nSPS) is 11.6. The molecule has 0 atom stereocenters. The maximum absolute atomic E-state index is 11.3. The van der Waals surface area contributed by atoms with Gasteiger partial charge in [0.05, 0.1) is 16.6 Å². The van der Waals surface area contributed by atoms with Crippen LogP contribution in [-0.4, -0.2) is 35.1 Å². The predicted octanol–water partition coefficient (Wildman–Crippen LogP) is 2.32. The van der Waals surface area contributed by atoms with E-state index in [9.17, 15) is 8.42 Å². The molecule has 8 nitrogen and oxygen atoms in total. The van der Waals surface area contributed by atoms with Crippen molar-refractivity contribution in [3.05, 3.63) is 66.6 Å². The molecule has 2 heterocycles. The molecule has 9 heteroatoms. The summed E-state index contributed by atoms with van der Waals surface area (Å²) in [6, 6.07) is 12.5. The van der Waals surface area contributed by atoms with Crippen molar-refractivity contribution in [2.24, 2.45) is 5.14 Å². The summed E-state index contributed by atoms with van der Waals surface area (Å²) in [5, 5.41) is 16.0. The molecule has 0 saturated carbocycles. The van der Waals surface area contributed by atoms with Crippen molar-refractivity contribution in [3.8, 4) is 11.1 Å². The summed E-state index contributed by atoms with van der Waals surface area (Å²) >= 11 is 0. The van der Waals surface area contributed by atoms with Crippen molar-refractivity contribution in [2.75, 3.05) is 11.9 Å². The molecule has 0 amide bonds. The zero-order chi connectivity index (χ0) is 19.6. The minimum absolute atomic E-state index is 0.107. The molecule has 0 aliphatic heterocycles. The van der Waals surface area contributed by atoms with Gasteiger partial charge in [-0.15, -0.1) is 0 Å². The number of rotatable bonds is 6. The van der Waals surface area contributed by atoms with E-state index in [1.807, 2.05) is 24.4 Å². The number of hydrogen-bond acceptors (Lipinski definition) is 6. The van der Waals surface area contributed by atoms with E-state index in [1.54, 1.807) is 24.5 Å². The van der Waals surface area contributed by atoms with Crippen LogP contribution in [0.3, 0.4) is 0 Å². The molecule has 4 aromatic rings. The lowest BCUT2D eigenvalue weighted by atomic mass is 10.1. The molecular formula is C19H18N6O2S. The zero-order valence-corrected chi connectivity index (χ0v) is 15.6. The highest BCUT2D eigenvalue weighted by Gasteiger charge is 2.07. The molecule has 0 radical (unpaired) electrons. The van der Waals surface area contributed by atoms with E-state index in [4.69, 9.17) is 5.14 Å². The van der Waals surface area contributed by atoms with Gasteiger partial charge in [0, 0.05) is 29.9 Å². The van der Waals surface area contributed by atoms with E-state index < -0.39 is 10.0 Å². The van der Waals surface area contributed by atoms with Crippen molar-refractivity contribution >= 4 is 26.9 Å². The summed E-state index contributed by atoms with van der Waals surface area (Å²) in [4.78, 5) is 9.02. The molecular weight excluding hydrogens is 376 g/mol. The summed E-state index contributed by atoms with van der Waals surface area (Å²) in [5.74, 6) is 0.540. The van der Waals surface area contributed by atoms with E-state index in [0.717, 1.165) is 27.6 Å². The molecule has 28 heavy (non-hydrogen) atoms. The Labute approximate surface area is 161 Å². The number of aromatic amines is 1. The van der Waals surface area contributed by atoms with E-state index in [2.05, 4.69) is 25.5 Å². The summed E-state index contributed by atoms with van der Waals surface area (Å²) < 4.78 is 22.6. The molecule has 0 aliphatic carbocycles. The van der Waals surface area contributed by atoms with Crippen LogP contribution in [-0.2, 0) is 16.4 Å². The number of aromatic nitrogens is 4. The highest BCUT2D eigenvalue weighted by Crippen LogP contribution is 2.22. The highest BCUT2D eigenvalue weighted by molar-refractivity contribution is 7.89. The van der Waals surface area contributed by atoms with E-state index in [-0.39, 0.29) is 4.90 Å². The molecule has 0 spiro atoms. The number of benzene rings is 2. The first kappa shape index (κ1) is 18.1. The average molecular weight is 394 g/mol. The predicted molar refractivity (Wildman–Crippen MR) is 107 cm³/mol. The van der Waals surface area contributed by atoms with E-state index >= 15 is 0 Å². The monoisotopic (exact) mass is 394 g/mol. The SMILES string of the molecule is NS(=O)(=O)c1ccc(CCNc2ncc3ccc(-c4cn[nH]c4)cc3n2)cc1. The number of sulfonamides is 1. The van der Waals surface area contributed by atoms with Gasteiger partial charge in [0.2, 0.25) is 16.0 Å². The lowest BCUT2D eigenvalue weighted by molar-refractivity contribution is 0.598. The van der Waals surface area contributed by atoms with Gasteiger partial charge in [0.25, 0.3) is 0 Å². The van der Waals surface area contributed by atoms with Gasteiger partial charge < -0.3 is 5.32 Å². The van der Waals surface area contributed by atoms with Crippen LogP contribution < -0.4 is 10.5 Å². The second kappa shape index (κ2) is 7.37. The van der Waals surface area contributed by atoms with Crippen LogP contribution in [0.4, 0.5) is 5.95 Å². The van der Waals surface area contributed by atoms with Crippen molar-refractivity contribution < 1.29 is 8.42 Å². The van der Waals surface area contributed by atoms with Crippen molar-refractivity contribution in [2.45, 2.75) is 11.3 Å². The minimum Gasteiger partial charge on any atom is -0.354 e. The van der Waals surface area contributed by atoms with Gasteiger partial charge in [-0.05, 0) is 35.7 Å². The van der Waals surface area contributed by atoms with Crippen molar-refractivity contribution in [1.82, 2.24) is 20.2 Å². The van der Waals surface area contributed by atoms with Crippen molar-refractivity contribution in [3.63, 3.8) is 0 Å². The Morgan fingerprint density at radius 2 is 1.86 bits per heavy atom. The fourth-order valence-corrected chi connectivity index (χ4v) is 3.38. The van der Waals surface area contributed by atoms with Gasteiger partial charge in [-0.1, -0.05) is 24.3 Å². The maximum atomic E-state index is 11.3. The van der Waals surface area contributed by atoms with Crippen LogP contribution in [0.2, 0.25) is 0 Å². The maximum Gasteiger partial charge on any atom is 0.238 e. The fourth-order valence-electron chi connectivity index (χ4n) is 2.86. The Hall–Kier alpha value is -3.30. The second-order valence-electron chi connectivity index (χ2n) is 6.32. The number of nitrogens with zero attached hydrogens (tertiary/aromatic N) is 3. The average Bonchev–Trinajstić information content (AvgIpc) is 3.22. The Morgan fingerprint density at radius 1 is 1.04 bits per heavy atom. The minimum atomic E-state index is -3.67. The molecule has 4 N–H and O–H groups in total. The Bertz CT molecular complexity index is 1210. The molecule has 2 aromatic heterocycles. The number of primary sulfonamides is 1. The number of hydrogen-bond donors (Lipinski definition) is 3. The topological polar surface area (TPSA) is 127 Å². The number of anilines is 1. The van der Waals surface area contributed by atoms with Gasteiger partial charge in [-0.25, -0.2) is 23.5 Å². The number of nitrogens with two attached hydrogens (primary N) is 1. The summed E-state index contributed by atoms with van der Waals surface area (Å²) in [5.41, 5.74) is 3.86. The zero-order valence-electron chi connectivity index (χ0n) is 14.8. The lowest BCUT2D eigenvalue weighted by Gasteiger charge is -2.07. The summed E-state index contributed by atoms with van der Waals surface area (Å²) in [6.07, 6.45) is 6.08. The lowest BCUT2D eigenvalue weighted by Crippen LogP contribution is -2.12. The van der Waals surface area contributed by atoms with Crippen LogP contribution >= 0.6 is 0 Å². The van der Waals surface area contributed by atoms with Crippen LogP contribution in [0.25, 0.3) is 22.0 Å². The molecule has 0 saturated heterocycles. The number of H-pyrrole nitrogens is 1. The molecule has 0 aliphatic rings. The van der Waals surface area contributed by atoms with E-state index in [1.165, 1.54) is 12.1 Å². The van der Waals surface area contributed by atoms with Crippen LogP contribution in [0.5, 0.6) is 0 Å². The third-order valence-corrected chi connectivity index (χ3v) is 5.29. The van der Waals surface area contributed by atoms with Gasteiger partial charge in [-0.3, -0.25) is 5.10 Å². The smallest absolute Gasteiger partial charge is 0.238 e. The van der Waals surface area contributed by atoms with Crippen LogP contribution in [0.15, 0.2) is 66.0 Å². The number of fused-ring (bicyclic) bond motifs is 1.